The summed E-state index contributed by atoms with van der Waals surface area (Å²) in [5.41, 5.74) is 1.07. The van der Waals surface area contributed by atoms with Crippen molar-refractivity contribution < 1.29 is 28.7 Å². The fraction of sp³-hybridized carbons (Fsp3) is 0.542. The number of anilines is 1. The fourth-order valence-electron chi connectivity index (χ4n) is 4.51. The predicted octanol–water partition coefficient (Wildman–Crippen LogP) is 0.939. The zero-order chi connectivity index (χ0) is 25.3. The highest BCUT2D eigenvalue weighted by Gasteiger charge is 2.40. The number of nitrogens with one attached hydrogen (secondary N) is 2. The number of amides is 5. The minimum absolute atomic E-state index is 0.149. The first-order valence-corrected chi connectivity index (χ1v) is 11.8. The standard InChI is InChI=1S/C24H31N5O6/c1-24(2,3)35-23(34)28-11-9-27(10-12-28)14-20(31)25-17-6-4-5-15-16(17)13-29(22(15)33)18-7-8-19(30)26-21(18)32/h4-6,18H,7-14H2,1-3H3,(H,25,31)(H,26,30,32). The van der Waals surface area contributed by atoms with Crippen LogP contribution in [0.25, 0.3) is 0 Å². The molecular weight excluding hydrogens is 454 g/mol. The number of nitrogens with zero attached hydrogens (tertiary/aromatic N) is 3. The van der Waals surface area contributed by atoms with Gasteiger partial charge in [-0.25, -0.2) is 4.79 Å². The van der Waals surface area contributed by atoms with Crippen molar-refractivity contribution >= 4 is 35.4 Å². The first-order chi connectivity index (χ1) is 16.5. The summed E-state index contributed by atoms with van der Waals surface area (Å²) in [5, 5.41) is 5.19. The third kappa shape index (κ3) is 5.61. The molecule has 2 N–H and O–H groups in total. The van der Waals surface area contributed by atoms with Crippen LogP contribution in [-0.4, -0.2) is 88.8 Å². The van der Waals surface area contributed by atoms with Gasteiger partial charge >= 0.3 is 6.09 Å². The molecule has 1 unspecified atom stereocenters. The molecule has 3 aliphatic heterocycles. The quantitative estimate of drug-likeness (QED) is 0.608. The Labute approximate surface area is 203 Å². The van der Waals surface area contributed by atoms with E-state index in [2.05, 4.69) is 10.6 Å². The summed E-state index contributed by atoms with van der Waals surface area (Å²) in [5.74, 6) is -1.33. The van der Waals surface area contributed by atoms with Gasteiger partial charge in [0.15, 0.2) is 0 Å². The van der Waals surface area contributed by atoms with Gasteiger partial charge in [-0.1, -0.05) is 6.07 Å². The second kappa shape index (κ2) is 9.65. The van der Waals surface area contributed by atoms with E-state index >= 15 is 0 Å². The van der Waals surface area contributed by atoms with Gasteiger partial charge in [-0.05, 0) is 39.3 Å². The summed E-state index contributed by atoms with van der Waals surface area (Å²) >= 11 is 0. The molecule has 0 aliphatic carbocycles. The van der Waals surface area contributed by atoms with Crippen molar-refractivity contribution in [2.24, 2.45) is 0 Å². The van der Waals surface area contributed by atoms with Gasteiger partial charge in [0, 0.05) is 56.0 Å². The summed E-state index contributed by atoms with van der Waals surface area (Å²) in [6, 6.07) is 4.39. The number of hydrogen-bond acceptors (Lipinski definition) is 7. The number of benzene rings is 1. The lowest BCUT2D eigenvalue weighted by atomic mass is 10.0. The Morgan fingerprint density at radius 2 is 1.83 bits per heavy atom. The van der Waals surface area contributed by atoms with Gasteiger partial charge in [0.25, 0.3) is 5.91 Å². The highest BCUT2D eigenvalue weighted by atomic mass is 16.6. The Morgan fingerprint density at radius 3 is 2.49 bits per heavy atom. The van der Waals surface area contributed by atoms with Gasteiger partial charge in [-0.15, -0.1) is 0 Å². The Bertz CT molecular complexity index is 1060. The molecule has 188 valence electrons. The number of piperazine rings is 1. The highest BCUT2D eigenvalue weighted by molar-refractivity contribution is 6.06. The molecule has 0 bridgehead atoms. The molecule has 2 fully saturated rings. The van der Waals surface area contributed by atoms with Crippen molar-refractivity contribution in [1.82, 2.24) is 20.0 Å². The average Bonchev–Trinajstić information content (AvgIpc) is 3.10. The monoisotopic (exact) mass is 485 g/mol. The third-order valence-electron chi connectivity index (χ3n) is 6.25. The topological polar surface area (TPSA) is 128 Å². The highest BCUT2D eigenvalue weighted by Crippen LogP contribution is 2.32. The van der Waals surface area contributed by atoms with Crippen LogP contribution < -0.4 is 10.6 Å². The maximum absolute atomic E-state index is 12.9. The number of rotatable bonds is 4. The minimum atomic E-state index is -0.711. The maximum Gasteiger partial charge on any atom is 0.410 e. The molecule has 4 rings (SSSR count). The van der Waals surface area contributed by atoms with E-state index in [0.717, 1.165) is 0 Å². The smallest absolute Gasteiger partial charge is 0.410 e. The Balaban J connectivity index is 1.34. The molecule has 35 heavy (non-hydrogen) atoms. The molecule has 11 nitrogen and oxygen atoms in total. The summed E-state index contributed by atoms with van der Waals surface area (Å²) < 4.78 is 5.40. The summed E-state index contributed by atoms with van der Waals surface area (Å²) in [4.78, 5) is 66.7. The molecule has 11 heteroatoms. The minimum Gasteiger partial charge on any atom is -0.444 e. The molecule has 5 amide bonds. The largest absolute Gasteiger partial charge is 0.444 e. The van der Waals surface area contributed by atoms with Crippen molar-refractivity contribution in [2.45, 2.75) is 51.8 Å². The van der Waals surface area contributed by atoms with Crippen LogP contribution >= 0.6 is 0 Å². The van der Waals surface area contributed by atoms with Crippen LogP contribution in [0.3, 0.4) is 0 Å². The number of fused-ring (bicyclic) bond motifs is 1. The van der Waals surface area contributed by atoms with E-state index in [-0.39, 0.29) is 49.7 Å². The lowest BCUT2D eigenvalue weighted by Crippen LogP contribution is -2.52. The molecule has 0 aromatic heterocycles. The van der Waals surface area contributed by atoms with Crippen LogP contribution in [0.4, 0.5) is 10.5 Å². The molecule has 0 spiro atoms. The van der Waals surface area contributed by atoms with Gasteiger partial charge < -0.3 is 19.9 Å². The number of ether oxygens (including phenoxy) is 1. The van der Waals surface area contributed by atoms with Crippen LogP contribution in [0.5, 0.6) is 0 Å². The molecule has 3 heterocycles. The Kier molecular flexibility index (Phi) is 6.79. The van der Waals surface area contributed by atoms with Gasteiger partial charge in [0.05, 0.1) is 6.54 Å². The third-order valence-corrected chi connectivity index (χ3v) is 6.25. The van der Waals surface area contributed by atoms with Crippen molar-refractivity contribution in [1.29, 1.82) is 0 Å². The van der Waals surface area contributed by atoms with E-state index in [1.807, 2.05) is 25.7 Å². The van der Waals surface area contributed by atoms with E-state index in [0.29, 0.717) is 43.0 Å². The van der Waals surface area contributed by atoms with E-state index in [9.17, 15) is 24.0 Å². The number of carbonyl (C=O) groups is 5. The lowest BCUT2D eigenvalue weighted by Gasteiger charge is -2.35. The van der Waals surface area contributed by atoms with Gasteiger partial charge in [-0.2, -0.15) is 0 Å². The Hall–Kier alpha value is -3.47. The predicted molar refractivity (Wildman–Crippen MR) is 125 cm³/mol. The van der Waals surface area contributed by atoms with Crippen molar-refractivity contribution in [3.63, 3.8) is 0 Å². The fourth-order valence-corrected chi connectivity index (χ4v) is 4.51. The van der Waals surface area contributed by atoms with Crippen molar-refractivity contribution in [2.75, 3.05) is 38.0 Å². The molecule has 1 aromatic carbocycles. The second-order valence-electron chi connectivity index (χ2n) is 10.0. The number of carbonyl (C=O) groups excluding carboxylic acids is 5. The van der Waals surface area contributed by atoms with Crippen LogP contribution in [0.1, 0.15) is 49.5 Å². The average molecular weight is 486 g/mol. The van der Waals surface area contributed by atoms with Crippen molar-refractivity contribution in [3.05, 3.63) is 29.3 Å². The summed E-state index contributed by atoms with van der Waals surface area (Å²) in [6.45, 7) is 7.83. The van der Waals surface area contributed by atoms with Gasteiger partial charge in [0.1, 0.15) is 11.6 Å². The van der Waals surface area contributed by atoms with Crippen molar-refractivity contribution in [3.8, 4) is 0 Å². The molecular formula is C24H31N5O6. The normalized spacial score (nSPS) is 21.0. The SMILES string of the molecule is CC(C)(C)OC(=O)N1CCN(CC(=O)Nc2cccc3c2CN(C2CCC(=O)NC2=O)C3=O)CC1. The number of piperidine rings is 1. The lowest BCUT2D eigenvalue weighted by molar-refractivity contribution is -0.137. The molecule has 3 aliphatic rings. The zero-order valence-electron chi connectivity index (χ0n) is 20.3. The second-order valence-corrected chi connectivity index (χ2v) is 10.0. The zero-order valence-corrected chi connectivity index (χ0v) is 20.3. The molecule has 0 saturated carbocycles. The number of imide groups is 1. The molecule has 1 aromatic rings. The summed E-state index contributed by atoms with van der Waals surface area (Å²) in [7, 11) is 0. The first-order valence-electron chi connectivity index (χ1n) is 11.8. The van der Waals surface area contributed by atoms with E-state index in [1.165, 1.54) is 4.90 Å². The van der Waals surface area contributed by atoms with Crippen LogP contribution in [-0.2, 0) is 25.7 Å². The number of hydrogen-bond donors (Lipinski definition) is 2. The van der Waals surface area contributed by atoms with E-state index in [4.69, 9.17) is 4.74 Å². The van der Waals surface area contributed by atoms with Gasteiger partial charge in [0.2, 0.25) is 17.7 Å². The van der Waals surface area contributed by atoms with Gasteiger partial charge in [-0.3, -0.25) is 29.4 Å². The van der Waals surface area contributed by atoms with E-state index < -0.39 is 17.6 Å². The molecule has 0 radical (unpaired) electrons. The molecule has 2 saturated heterocycles. The maximum atomic E-state index is 12.9. The van der Waals surface area contributed by atoms with E-state index in [1.54, 1.807) is 23.1 Å². The van der Waals surface area contributed by atoms with Crippen LogP contribution in [0.2, 0.25) is 0 Å². The van der Waals surface area contributed by atoms with Crippen LogP contribution in [0.15, 0.2) is 18.2 Å². The molecule has 1 atom stereocenters. The van der Waals surface area contributed by atoms with Crippen LogP contribution in [0, 0.1) is 0 Å². The Morgan fingerprint density at radius 1 is 1.11 bits per heavy atom. The summed E-state index contributed by atoms with van der Waals surface area (Å²) in [6.07, 6.45) is 0.106. The first kappa shape index (κ1) is 24.6.